The van der Waals surface area contributed by atoms with E-state index in [1.807, 2.05) is 59.3 Å². The SMILES string of the molecule is O=C(Nc1ccc(Cc2c[nH]c(=O)c3cc(-c4c[nH]c5ncccc45)cn23)cc1)C1CC1. The molecule has 0 bridgehead atoms. The predicted octanol–water partition coefficient (Wildman–Crippen LogP) is 4.11. The second-order valence-corrected chi connectivity index (χ2v) is 8.33. The predicted molar refractivity (Wildman–Crippen MR) is 124 cm³/mol. The molecule has 7 nitrogen and oxygen atoms in total. The van der Waals surface area contributed by atoms with E-state index in [1.165, 1.54) is 0 Å². The Kier molecular flexibility index (Phi) is 4.21. The third-order valence-corrected chi connectivity index (χ3v) is 6.05. The summed E-state index contributed by atoms with van der Waals surface area (Å²) in [5.41, 5.74) is 6.14. The van der Waals surface area contributed by atoms with Gasteiger partial charge in [-0.3, -0.25) is 9.59 Å². The van der Waals surface area contributed by atoms with E-state index in [0.29, 0.717) is 11.9 Å². The number of hydrogen-bond acceptors (Lipinski definition) is 3. The summed E-state index contributed by atoms with van der Waals surface area (Å²) in [5.74, 6) is 0.285. The molecule has 0 saturated heterocycles. The van der Waals surface area contributed by atoms with E-state index in [4.69, 9.17) is 0 Å². The van der Waals surface area contributed by atoms with Gasteiger partial charge in [0, 0.05) is 65.0 Å². The van der Waals surface area contributed by atoms with Crippen molar-refractivity contribution in [1.29, 1.82) is 0 Å². The van der Waals surface area contributed by atoms with Crippen molar-refractivity contribution in [2.24, 2.45) is 5.92 Å². The van der Waals surface area contributed by atoms with Gasteiger partial charge in [0.2, 0.25) is 5.91 Å². The minimum Gasteiger partial charge on any atom is -0.346 e. The molecule has 0 spiro atoms. The summed E-state index contributed by atoms with van der Waals surface area (Å²) in [6.45, 7) is 0. The van der Waals surface area contributed by atoms with Crippen LogP contribution in [0.3, 0.4) is 0 Å². The molecule has 1 aliphatic rings. The third kappa shape index (κ3) is 3.28. The number of amides is 1. The Labute approximate surface area is 183 Å². The second kappa shape index (κ2) is 7.23. The zero-order valence-electron chi connectivity index (χ0n) is 17.3. The quantitative estimate of drug-likeness (QED) is 0.397. The minimum absolute atomic E-state index is 0.104. The molecule has 7 heteroatoms. The Morgan fingerprint density at radius 3 is 2.78 bits per heavy atom. The summed E-state index contributed by atoms with van der Waals surface area (Å²) in [5, 5.41) is 3.98. The zero-order valence-corrected chi connectivity index (χ0v) is 17.3. The Balaban J connectivity index is 1.33. The maximum atomic E-state index is 12.5. The normalized spacial score (nSPS) is 13.6. The highest BCUT2D eigenvalue weighted by atomic mass is 16.2. The van der Waals surface area contributed by atoms with E-state index in [9.17, 15) is 9.59 Å². The van der Waals surface area contributed by atoms with Crippen molar-refractivity contribution < 1.29 is 4.79 Å². The van der Waals surface area contributed by atoms with Gasteiger partial charge in [0.15, 0.2) is 0 Å². The fourth-order valence-electron chi connectivity index (χ4n) is 4.15. The largest absolute Gasteiger partial charge is 0.346 e. The number of nitrogens with one attached hydrogen (secondary N) is 3. The number of anilines is 1. The average Bonchev–Trinajstić information content (AvgIpc) is 3.42. The topological polar surface area (TPSA) is 95.0 Å². The molecule has 0 unspecified atom stereocenters. The molecule has 1 amide bonds. The molecule has 158 valence electrons. The molecular weight excluding hydrogens is 402 g/mol. The Morgan fingerprint density at radius 1 is 1.12 bits per heavy atom. The number of hydrogen-bond donors (Lipinski definition) is 3. The number of carbonyl (C=O) groups excluding carboxylic acids is 1. The number of nitrogens with zero attached hydrogens (tertiary/aromatic N) is 2. The lowest BCUT2D eigenvalue weighted by Gasteiger charge is -2.08. The highest BCUT2D eigenvalue weighted by Crippen LogP contribution is 2.31. The van der Waals surface area contributed by atoms with Crippen LogP contribution in [0.15, 0.2) is 72.0 Å². The highest BCUT2D eigenvalue weighted by molar-refractivity contribution is 5.94. The molecule has 6 rings (SSSR count). The third-order valence-electron chi connectivity index (χ3n) is 6.05. The van der Waals surface area contributed by atoms with E-state index < -0.39 is 0 Å². The van der Waals surface area contributed by atoms with Crippen LogP contribution < -0.4 is 10.9 Å². The number of pyridine rings is 1. The van der Waals surface area contributed by atoms with Crippen LogP contribution in [0.2, 0.25) is 0 Å². The molecule has 32 heavy (non-hydrogen) atoms. The lowest BCUT2D eigenvalue weighted by molar-refractivity contribution is -0.117. The number of H-pyrrole nitrogens is 2. The van der Waals surface area contributed by atoms with Crippen LogP contribution in [0.1, 0.15) is 24.1 Å². The summed E-state index contributed by atoms with van der Waals surface area (Å²) >= 11 is 0. The smallest absolute Gasteiger partial charge is 0.272 e. The van der Waals surface area contributed by atoms with Gasteiger partial charge >= 0.3 is 0 Å². The molecular formula is C25H21N5O2. The van der Waals surface area contributed by atoms with Crippen LogP contribution in [0.25, 0.3) is 27.7 Å². The maximum absolute atomic E-state index is 12.5. The first-order valence-corrected chi connectivity index (χ1v) is 10.7. The van der Waals surface area contributed by atoms with Gasteiger partial charge in [0.05, 0.1) is 0 Å². The molecule has 1 aromatic carbocycles. The summed E-state index contributed by atoms with van der Waals surface area (Å²) in [6, 6.07) is 13.7. The van der Waals surface area contributed by atoms with Crippen molar-refractivity contribution in [2.75, 3.05) is 5.32 Å². The van der Waals surface area contributed by atoms with Crippen molar-refractivity contribution in [1.82, 2.24) is 19.4 Å². The summed E-state index contributed by atoms with van der Waals surface area (Å²) in [6.07, 6.45) is 10.1. The summed E-state index contributed by atoms with van der Waals surface area (Å²) in [4.78, 5) is 34.9. The molecule has 0 atom stereocenters. The lowest BCUT2D eigenvalue weighted by atomic mass is 10.1. The van der Waals surface area contributed by atoms with Crippen LogP contribution in [0.4, 0.5) is 5.69 Å². The van der Waals surface area contributed by atoms with Crippen molar-refractivity contribution in [3.63, 3.8) is 0 Å². The van der Waals surface area contributed by atoms with Crippen LogP contribution in [0.5, 0.6) is 0 Å². The van der Waals surface area contributed by atoms with E-state index >= 15 is 0 Å². The summed E-state index contributed by atoms with van der Waals surface area (Å²) < 4.78 is 1.95. The molecule has 0 aliphatic heterocycles. The van der Waals surface area contributed by atoms with Crippen molar-refractivity contribution >= 4 is 28.1 Å². The fraction of sp³-hybridized carbons (Fsp3) is 0.160. The van der Waals surface area contributed by atoms with Crippen LogP contribution >= 0.6 is 0 Å². The van der Waals surface area contributed by atoms with Crippen molar-refractivity contribution in [3.8, 4) is 11.1 Å². The van der Waals surface area contributed by atoms with E-state index in [0.717, 1.165) is 51.9 Å². The molecule has 0 radical (unpaired) electrons. The van der Waals surface area contributed by atoms with E-state index in [1.54, 1.807) is 12.4 Å². The second-order valence-electron chi connectivity index (χ2n) is 8.33. The number of fused-ring (bicyclic) bond motifs is 2. The number of aromatic amines is 2. The molecule has 5 aromatic rings. The van der Waals surface area contributed by atoms with Gasteiger partial charge in [-0.15, -0.1) is 0 Å². The van der Waals surface area contributed by atoms with Gasteiger partial charge in [-0.1, -0.05) is 12.1 Å². The zero-order chi connectivity index (χ0) is 21.7. The van der Waals surface area contributed by atoms with Gasteiger partial charge < -0.3 is 19.7 Å². The van der Waals surface area contributed by atoms with Gasteiger partial charge in [-0.25, -0.2) is 4.98 Å². The van der Waals surface area contributed by atoms with Gasteiger partial charge in [-0.05, 0) is 48.7 Å². The first kappa shape index (κ1) is 18.6. The fourth-order valence-corrected chi connectivity index (χ4v) is 4.15. The molecule has 1 saturated carbocycles. The number of aromatic nitrogens is 4. The monoisotopic (exact) mass is 423 g/mol. The molecule has 3 N–H and O–H groups in total. The lowest BCUT2D eigenvalue weighted by Crippen LogP contribution is -2.13. The van der Waals surface area contributed by atoms with E-state index in [-0.39, 0.29) is 17.4 Å². The average molecular weight is 423 g/mol. The number of rotatable bonds is 5. The van der Waals surface area contributed by atoms with Crippen LogP contribution in [-0.4, -0.2) is 25.3 Å². The molecule has 4 heterocycles. The van der Waals surface area contributed by atoms with Gasteiger partial charge in [-0.2, -0.15) is 0 Å². The van der Waals surface area contributed by atoms with Crippen molar-refractivity contribution in [3.05, 3.63) is 88.9 Å². The summed E-state index contributed by atoms with van der Waals surface area (Å²) in [7, 11) is 0. The minimum atomic E-state index is -0.129. The number of benzene rings is 1. The highest BCUT2D eigenvalue weighted by Gasteiger charge is 2.29. The van der Waals surface area contributed by atoms with Gasteiger partial charge in [0.1, 0.15) is 11.2 Å². The maximum Gasteiger partial charge on any atom is 0.272 e. The molecule has 1 fully saturated rings. The molecule has 1 aliphatic carbocycles. The Hall–Kier alpha value is -4.13. The van der Waals surface area contributed by atoms with Crippen LogP contribution in [-0.2, 0) is 11.2 Å². The van der Waals surface area contributed by atoms with Crippen LogP contribution in [0, 0.1) is 5.92 Å². The van der Waals surface area contributed by atoms with Gasteiger partial charge in [0.25, 0.3) is 5.56 Å². The van der Waals surface area contributed by atoms with Crippen molar-refractivity contribution in [2.45, 2.75) is 19.3 Å². The Bertz CT molecular complexity index is 1520. The van der Waals surface area contributed by atoms with E-state index in [2.05, 4.69) is 20.3 Å². The first-order valence-electron chi connectivity index (χ1n) is 10.7. The molecule has 4 aromatic heterocycles. The number of carbonyl (C=O) groups is 1. The Morgan fingerprint density at radius 2 is 1.97 bits per heavy atom. The standard InChI is InChI=1S/C25H21N5O2/c31-24(16-5-6-16)29-18-7-3-15(4-8-18)10-19-12-28-25(32)22-11-17(14-30(19)22)21-13-27-23-20(21)2-1-9-26-23/h1-4,7-9,11-14,16H,5-6,10H2,(H,26,27)(H,28,32)(H,29,31). The first-order chi connectivity index (χ1) is 15.7.